The van der Waals surface area contributed by atoms with Crippen LogP contribution in [0.15, 0.2) is 6.20 Å². The minimum atomic E-state index is -0.357. The van der Waals surface area contributed by atoms with Crippen LogP contribution in [0.25, 0.3) is 11.2 Å². The van der Waals surface area contributed by atoms with E-state index in [-0.39, 0.29) is 6.10 Å². The Kier molecular flexibility index (Phi) is 4.27. The molecule has 7 nitrogen and oxygen atoms in total. The van der Waals surface area contributed by atoms with Crippen molar-refractivity contribution in [3.8, 4) is 0 Å². The smallest absolute Gasteiger partial charge is 0.293 e. The van der Waals surface area contributed by atoms with Crippen LogP contribution in [0.1, 0.15) is 38.1 Å². The number of unbranched alkanes of at least 4 members (excludes halogenated alkanes) is 1. The van der Waals surface area contributed by atoms with Crippen LogP contribution in [0.4, 0.5) is 5.95 Å². The van der Waals surface area contributed by atoms with Gasteiger partial charge in [-0.05, 0) is 12.8 Å². The van der Waals surface area contributed by atoms with Gasteiger partial charge >= 0.3 is 0 Å². The summed E-state index contributed by atoms with van der Waals surface area (Å²) in [5, 5.41) is 2.85. The van der Waals surface area contributed by atoms with Gasteiger partial charge in [-0.25, -0.2) is 9.97 Å². The Morgan fingerprint density at radius 3 is 3.05 bits per heavy atom. The van der Waals surface area contributed by atoms with Crippen molar-refractivity contribution in [2.45, 2.75) is 32.3 Å². The fourth-order valence-electron chi connectivity index (χ4n) is 1.82. The molecule has 0 aliphatic heterocycles. The van der Waals surface area contributed by atoms with E-state index < -0.39 is 0 Å². The molecule has 0 saturated carbocycles. The van der Waals surface area contributed by atoms with Gasteiger partial charge in [-0.15, -0.1) is 0 Å². The van der Waals surface area contributed by atoms with Crippen LogP contribution in [0.5, 0.6) is 0 Å². The molecule has 0 saturated heterocycles. The van der Waals surface area contributed by atoms with Gasteiger partial charge in [0, 0.05) is 7.05 Å². The third kappa shape index (κ3) is 2.98. The van der Waals surface area contributed by atoms with Crippen LogP contribution < -0.4 is 5.32 Å². The molecule has 0 bridgehead atoms. The Morgan fingerprint density at radius 1 is 1.53 bits per heavy atom. The Morgan fingerprint density at radius 2 is 2.37 bits per heavy atom. The number of rotatable bonds is 7. The molecule has 0 aliphatic rings. The number of anilines is 1. The maximum Gasteiger partial charge on any atom is 0.293 e. The fraction of sp³-hybridized carbons (Fsp3) is 0.500. The van der Waals surface area contributed by atoms with E-state index in [0.717, 1.165) is 24.8 Å². The molecule has 102 valence electrons. The second-order valence-electron chi connectivity index (χ2n) is 4.17. The second kappa shape index (κ2) is 6.12. The Hall–Kier alpha value is -2.18. The predicted molar refractivity (Wildman–Crippen MR) is 70.6 cm³/mol. The second-order valence-corrected chi connectivity index (χ2v) is 4.17. The average Bonchev–Trinajstić information content (AvgIpc) is 2.85. The molecule has 0 spiro atoms. The van der Waals surface area contributed by atoms with Crippen LogP contribution in [0.2, 0.25) is 0 Å². The highest BCUT2D eigenvalue weighted by Gasteiger charge is 2.17. The molecule has 2 aromatic rings. The van der Waals surface area contributed by atoms with Crippen LogP contribution in [-0.4, -0.2) is 33.5 Å². The lowest BCUT2D eigenvalue weighted by atomic mass is 10.1. The highest BCUT2D eigenvalue weighted by molar-refractivity contribution is 5.70. The zero-order valence-electron chi connectivity index (χ0n) is 11.0. The van der Waals surface area contributed by atoms with Crippen LogP contribution >= 0.6 is 0 Å². The van der Waals surface area contributed by atoms with Crippen molar-refractivity contribution >= 4 is 23.6 Å². The van der Waals surface area contributed by atoms with Crippen molar-refractivity contribution in [1.82, 2.24) is 19.9 Å². The largest absolute Gasteiger partial charge is 0.456 e. The van der Waals surface area contributed by atoms with E-state index in [2.05, 4.69) is 32.2 Å². The van der Waals surface area contributed by atoms with Crippen molar-refractivity contribution in [2.75, 3.05) is 12.4 Å². The monoisotopic (exact) mass is 263 g/mol. The highest BCUT2D eigenvalue weighted by atomic mass is 16.5. The zero-order chi connectivity index (χ0) is 13.7. The summed E-state index contributed by atoms with van der Waals surface area (Å²) in [4.78, 5) is 26.4. The standard InChI is InChI=1S/C12H17N5O2/c1-3-4-5-9(19-7-18)11-15-8-6-14-12(13-2)17-10(8)16-11/h6-7,9H,3-5H2,1-2H3,(H2,13,14,15,16,17). The summed E-state index contributed by atoms with van der Waals surface area (Å²) in [6.45, 7) is 2.54. The molecule has 0 aromatic carbocycles. The summed E-state index contributed by atoms with van der Waals surface area (Å²) in [6.07, 6.45) is 4.03. The van der Waals surface area contributed by atoms with E-state index in [0.29, 0.717) is 23.9 Å². The maximum atomic E-state index is 10.6. The number of aromatic nitrogens is 4. The number of imidazole rings is 1. The molecule has 0 amide bonds. The van der Waals surface area contributed by atoms with Crippen molar-refractivity contribution in [3.63, 3.8) is 0 Å². The number of nitrogens with zero attached hydrogens (tertiary/aromatic N) is 3. The topological polar surface area (TPSA) is 92.8 Å². The molecule has 1 unspecified atom stereocenters. The lowest BCUT2D eigenvalue weighted by Gasteiger charge is -2.11. The van der Waals surface area contributed by atoms with Gasteiger partial charge in [0.2, 0.25) is 5.95 Å². The average molecular weight is 263 g/mol. The Balaban J connectivity index is 2.28. The van der Waals surface area contributed by atoms with Crippen molar-refractivity contribution < 1.29 is 9.53 Å². The number of ether oxygens (including phenoxy) is 1. The fourth-order valence-corrected chi connectivity index (χ4v) is 1.82. The lowest BCUT2D eigenvalue weighted by molar-refractivity contribution is -0.134. The molecule has 19 heavy (non-hydrogen) atoms. The van der Waals surface area contributed by atoms with Crippen molar-refractivity contribution in [2.24, 2.45) is 0 Å². The number of hydrogen-bond donors (Lipinski definition) is 2. The normalized spacial score (nSPS) is 12.3. The molecule has 0 radical (unpaired) electrons. The minimum absolute atomic E-state index is 0.357. The predicted octanol–water partition coefficient (Wildman–Crippen LogP) is 1.80. The number of nitrogens with one attached hydrogen (secondary N) is 2. The zero-order valence-corrected chi connectivity index (χ0v) is 11.0. The molecule has 2 aromatic heterocycles. The molecule has 1 atom stereocenters. The molecular formula is C12H17N5O2. The molecule has 2 N–H and O–H groups in total. The van der Waals surface area contributed by atoms with E-state index in [1.54, 1.807) is 13.2 Å². The van der Waals surface area contributed by atoms with E-state index >= 15 is 0 Å². The van der Waals surface area contributed by atoms with Gasteiger partial charge in [-0.3, -0.25) is 4.79 Å². The SMILES string of the molecule is CCCCC(OC=O)c1nc2nc(NC)ncc2[nH]1. The summed E-state index contributed by atoms with van der Waals surface area (Å²) in [7, 11) is 1.74. The van der Waals surface area contributed by atoms with E-state index in [4.69, 9.17) is 4.74 Å². The molecule has 0 fully saturated rings. The van der Waals surface area contributed by atoms with E-state index in [1.165, 1.54) is 0 Å². The first-order chi connectivity index (χ1) is 9.28. The summed E-state index contributed by atoms with van der Waals surface area (Å²) < 4.78 is 5.08. The first kappa shape index (κ1) is 13.3. The van der Waals surface area contributed by atoms with Gasteiger partial charge in [-0.1, -0.05) is 13.3 Å². The van der Waals surface area contributed by atoms with Gasteiger partial charge in [-0.2, -0.15) is 4.98 Å². The van der Waals surface area contributed by atoms with Crippen LogP contribution in [0.3, 0.4) is 0 Å². The quantitative estimate of drug-likeness (QED) is 0.740. The molecular weight excluding hydrogens is 246 g/mol. The lowest BCUT2D eigenvalue weighted by Crippen LogP contribution is -2.05. The van der Waals surface area contributed by atoms with Gasteiger partial charge in [0.1, 0.15) is 5.52 Å². The molecule has 2 rings (SSSR count). The van der Waals surface area contributed by atoms with Crippen LogP contribution in [-0.2, 0) is 9.53 Å². The minimum Gasteiger partial charge on any atom is -0.456 e. The van der Waals surface area contributed by atoms with Crippen LogP contribution in [0, 0.1) is 0 Å². The number of carbonyl (C=O) groups excluding carboxylic acids is 1. The van der Waals surface area contributed by atoms with Gasteiger partial charge in [0.25, 0.3) is 6.47 Å². The molecule has 7 heteroatoms. The number of fused-ring (bicyclic) bond motifs is 1. The third-order valence-corrected chi connectivity index (χ3v) is 2.83. The van der Waals surface area contributed by atoms with Crippen molar-refractivity contribution in [1.29, 1.82) is 0 Å². The first-order valence-electron chi connectivity index (χ1n) is 6.28. The Labute approximate surface area is 110 Å². The Bertz CT molecular complexity index is 554. The number of carbonyl (C=O) groups is 1. The summed E-state index contributed by atoms with van der Waals surface area (Å²) in [5.74, 6) is 1.12. The van der Waals surface area contributed by atoms with E-state index in [1.807, 2.05) is 0 Å². The summed E-state index contributed by atoms with van der Waals surface area (Å²) >= 11 is 0. The third-order valence-electron chi connectivity index (χ3n) is 2.83. The van der Waals surface area contributed by atoms with Gasteiger partial charge < -0.3 is 15.0 Å². The van der Waals surface area contributed by atoms with E-state index in [9.17, 15) is 4.79 Å². The number of aromatic amines is 1. The first-order valence-corrected chi connectivity index (χ1v) is 6.28. The maximum absolute atomic E-state index is 10.6. The summed E-state index contributed by atoms with van der Waals surface area (Å²) in [5.41, 5.74) is 1.29. The molecule has 2 heterocycles. The summed E-state index contributed by atoms with van der Waals surface area (Å²) in [6, 6.07) is 0. The van der Waals surface area contributed by atoms with Gasteiger partial charge in [0.05, 0.1) is 6.20 Å². The van der Waals surface area contributed by atoms with Gasteiger partial charge in [0.15, 0.2) is 17.6 Å². The molecule has 0 aliphatic carbocycles. The highest BCUT2D eigenvalue weighted by Crippen LogP contribution is 2.22. The number of hydrogen-bond acceptors (Lipinski definition) is 6. The number of H-pyrrole nitrogens is 1. The van der Waals surface area contributed by atoms with Crippen molar-refractivity contribution in [3.05, 3.63) is 12.0 Å².